The number of nitrogens with one attached hydrogen (secondary N) is 1. The largest absolute Gasteiger partial charge is 0.444 e. The van der Waals surface area contributed by atoms with Crippen LogP contribution in [0.1, 0.15) is 47.5 Å². The van der Waals surface area contributed by atoms with Crippen molar-refractivity contribution in [3.63, 3.8) is 0 Å². The number of amides is 4. The maximum atomic E-state index is 12.2. The van der Waals surface area contributed by atoms with Crippen molar-refractivity contribution in [2.75, 3.05) is 0 Å². The van der Waals surface area contributed by atoms with Crippen LogP contribution in [-0.4, -0.2) is 39.9 Å². The Morgan fingerprint density at radius 3 is 1.90 bits per heavy atom. The molecular formula is C13H20N2O5. The number of carbonyl (C=O) groups is 4. The molecule has 0 aromatic carbocycles. The maximum Gasteiger partial charge on any atom is 0.408 e. The smallest absolute Gasteiger partial charge is 0.408 e. The molecule has 0 aromatic heterocycles. The van der Waals surface area contributed by atoms with Crippen molar-refractivity contribution >= 4 is 23.8 Å². The van der Waals surface area contributed by atoms with Gasteiger partial charge in [-0.05, 0) is 34.6 Å². The molecule has 0 radical (unpaired) electrons. The number of alkyl carbamates (subject to hydrolysis) is 1. The topological polar surface area (TPSA) is 92.8 Å². The molecule has 4 amide bonds. The molecule has 1 aliphatic heterocycles. The predicted octanol–water partition coefficient (Wildman–Crippen LogP) is 0.965. The minimum absolute atomic E-state index is 0.0209. The number of hydrogen-bond acceptors (Lipinski definition) is 5. The van der Waals surface area contributed by atoms with Crippen molar-refractivity contribution in [3.8, 4) is 0 Å². The van der Waals surface area contributed by atoms with Crippen LogP contribution < -0.4 is 5.32 Å². The van der Waals surface area contributed by atoms with Crippen LogP contribution in [0.15, 0.2) is 0 Å². The van der Waals surface area contributed by atoms with E-state index in [1.54, 1.807) is 20.8 Å². The van der Waals surface area contributed by atoms with Gasteiger partial charge in [-0.15, -0.1) is 0 Å². The highest BCUT2D eigenvalue weighted by Crippen LogP contribution is 2.18. The predicted molar refractivity (Wildman–Crippen MR) is 69.5 cm³/mol. The van der Waals surface area contributed by atoms with Gasteiger partial charge in [0.05, 0.1) is 0 Å². The van der Waals surface area contributed by atoms with Crippen LogP contribution >= 0.6 is 0 Å². The fourth-order valence-electron chi connectivity index (χ4n) is 1.69. The van der Waals surface area contributed by atoms with Gasteiger partial charge in [0, 0.05) is 12.8 Å². The zero-order chi connectivity index (χ0) is 15.7. The van der Waals surface area contributed by atoms with E-state index in [1.807, 2.05) is 0 Å². The Kier molecular flexibility index (Phi) is 4.21. The number of rotatable bonds is 2. The summed E-state index contributed by atoms with van der Waals surface area (Å²) in [7, 11) is 0. The van der Waals surface area contributed by atoms with E-state index in [0.29, 0.717) is 4.90 Å². The lowest BCUT2D eigenvalue weighted by molar-refractivity contribution is -0.152. The van der Waals surface area contributed by atoms with Gasteiger partial charge in [-0.3, -0.25) is 14.4 Å². The summed E-state index contributed by atoms with van der Waals surface area (Å²) in [5, 5.41) is 2.37. The van der Waals surface area contributed by atoms with Gasteiger partial charge >= 0.3 is 6.09 Å². The van der Waals surface area contributed by atoms with E-state index in [9.17, 15) is 19.2 Å². The summed E-state index contributed by atoms with van der Waals surface area (Å²) in [5.74, 6) is -1.84. The molecule has 7 heteroatoms. The molecule has 1 saturated heterocycles. The number of carbonyl (C=O) groups excluding carboxylic acids is 4. The standard InChI is InChI=1S/C13H20N2O5/c1-12(2,3)20-11(19)14-13(4,5)10(18)15-8(16)6-7-9(15)17/h6-7H2,1-5H3,(H,14,19). The van der Waals surface area contributed by atoms with E-state index >= 15 is 0 Å². The number of hydrogen-bond donors (Lipinski definition) is 1. The van der Waals surface area contributed by atoms with Gasteiger partial charge in [0.2, 0.25) is 11.8 Å². The molecule has 1 rings (SSSR count). The van der Waals surface area contributed by atoms with E-state index in [-0.39, 0.29) is 12.8 Å². The van der Waals surface area contributed by atoms with E-state index in [4.69, 9.17) is 4.74 Å². The highest BCUT2D eigenvalue weighted by Gasteiger charge is 2.43. The fraction of sp³-hybridized carbons (Fsp3) is 0.692. The minimum atomic E-state index is -1.40. The zero-order valence-corrected chi connectivity index (χ0v) is 12.4. The van der Waals surface area contributed by atoms with Crippen LogP contribution in [0.2, 0.25) is 0 Å². The highest BCUT2D eigenvalue weighted by molar-refractivity contribution is 6.17. The molecule has 7 nitrogen and oxygen atoms in total. The second-order valence-corrected chi connectivity index (χ2v) is 6.18. The molecule has 0 bridgehead atoms. The first kappa shape index (κ1) is 16.1. The van der Waals surface area contributed by atoms with Crippen LogP contribution in [-0.2, 0) is 19.1 Å². The second kappa shape index (κ2) is 5.22. The summed E-state index contributed by atoms with van der Waals surface area (Å²) >= 11 is 0. The van der Waals surface area contributed by atoms with E-state index in [2.05, 4.69) is 5.32 Å². The number of nitrogens with zero attached hydrogens (tertiary/aromatic N) is 1. The molecule has 0 unspecified atom stereocenters. The summed E-state index contributed by atoms with van der Waals surface area (Å²) in [5.41, 5.74) is -2.11. The lowest BCUT2D eigenvalue weighted by Gasteiger charge is -2.29. The van der Waals surface area contributed by atoms with E-state index in [1.165, 1.54) is 13.8 Å². The van der Waals surface area contributed by atoms with Crippen LogP contribution in [0.25, 0.3) is 0 Å². The summed E-state index contributed by atoms with van der Waals surface area (Å²) in [6.45, 7) is 7.90. The lowest BCUT2D eigenvalue weighted by Crippen LogP contribution is -2.57. The normalized spacial score (nSPS) is 16.4. The Morgan fingerprint density at radius 1 is 1.05 bits per heavy atom. The van der Waals surface area contributed by atoms with Gasteiger partial charge in [-0.1, -0.05) is 0 Å². The molecule has 1 N–H and O–H groups in total. The second-order valence-electron chi connectivity index (χ2n) is 6.18. The molecular weight excluding hydrogens is 264 g/mol. The van der Waals surface area contributed by atoms with Crippen molar-refractivity contribution in [3.05, 3.63) is 0 Å². The van der Waals surface area contributed by atoms with Crippen molar-refractivity contribution in [1.29, 1.82) is 0 Å². The van der Waals surface area contributed by atoms with Gasteiger partial charge in [0.25, 0.3) is 5.91 Å². The van der Waals surface area contributed by atoms with Crippen molar-refractivity contribution in [2.45, 2.75) is 58.6 Å². The van der Waals surface area contributed by atoms with Crippen molar-refractivity contribution in [1.82, 2.24) is 10.2 Å². The SMILES string of the molecule is CC(C)(C)OC(=O)NC(C)(C)C(=O)N1C(=O)CCC1=O. The summed E-state index contributed by atoms with van der Waals surface area (Å²) in [6.07, 6.45) is -0.741. The Hall–Kier alpha value is -1.92. The molecule has 0 aliphatic carbocycles. The summed E-state index contributed by atoms with van der Waals surface area (Å²) < 4.78 is 5.05. The van der Waals surface area contributed by atoms with Gasteiger partial charge in [-0.25, -0.2) is 9.69 Å². The molecule has 1 aliphatic rings. The Bertz CT molecular complexity index is 446. The molecule has 1 fully saturated rings. The molecule has 0 aromatic rings. The number of imide groups is 3. The molecule has 0 atom stereocenters. The van der Waals surface area contributed by atoms with Crippen LogP contribution in [0.4, 0.5) is 4.79 Å². The molecule has 20 heavy (non-hydrogen) atoms. The lowest BCUT2D eigenvalue weighted by atomic mass is 10.0. The average Bonchev–Trinajstić information content (AvgIpc) is 2.53. The first-order valence-electron chi connectivity index (χ1n) is 6.35. The van der Waals surface area contributed by atoms with Crippen LogP contribution in [0, 0.1) is 0 Å². The third kappa shape index (κ3) is 3.79. The highest BCUT2D eigenvalue weighted by atomic mass is 16.6. The zero-order valence-electron chi connectivity index (χ0n) is 12.4. The molecule has 112 valence electrons. The van der Waals surface area contributed by atoms with Gasteiger partial charge in [0.15, 0.2) is 0 Å². The van der Waals surface area contributed by atoms with Crippen LogP contribution in [0.5, 0.6) is 0 Å². The first-order valence-corrected chi connectivity index (χ1v) is 6.35. The van der Waals surface area contributed by atoms with Crippen LogP contribution in [0.3, 0.4) is 0 Å². The van der Waals surface area contributed by atoms with Gasteiger partial charge in [0.1, 0.15) is 11.1 Å². The minimum Gasteiger partial charge on any atom is -0.444 e. The molecule has 1 heterocycles. The average molecular weight is 284 g/mol. The first-order chi connectivity index (χ1) is 8.94. The molecule has 0 spiro atoms. The monoisotopic (exact) mass is 284 g/mol. The van der Waals surface area contributed by atoms with E-state index < -0.39 is 35.0 Å². The summed E-state index contributed by atoms with van der Waals surface area (Å²) in [6, 6.07) is 0. The number of likely N-dealkylation sites (tertiary alicyclic amines) is 1. The Balaban J connectivity index is 2.78. The van der Waals surface area contributed by atoms with Crippen molar-refractivity contribution in [2.24, 2.45) is 0 Å². The third-order valence-electron chi connectivity index (χ3n) is 2.60. The Morgan fingerprint density at radius 2 is 1.50 bits per heavy atom. The van der Waals surface area contributed by atoms with Gasteiger partial charge in [-0.2, -0.15) is 0 Å². The molecule has 0 saturated carbocycles. The Labute approximate surface area is 117 Å². The quantitative estimate of drug-likeness (QED) is 0.762. The van der Waals surface area contributed by atoms with Gasteiger partial charge < -0.3 is 10.1 Å². The maximum absolute atomic E-state index is 12.2. The third-order valence-corrected chi connectivity index (χ3v) is 2.60. The van der Waals surface area contributed by atoms with E-state index in [0.717, 1.165) is 0 Å². The fourth-order valence-corrected chi connectivity index (χ4v) is 1.69. The summed E-state index contributed by atoms with van der Waals surface area (Å²) in [4.78, 5) is 47.5. The number of ether oxygens (including phenoxy) is 1. The van der Waals surface area contributed by atoms with Crippen molar-refractivity contribution < 1.29 is 23.9 Å².